The van der Waals surface area contributed by atoms with Crippen LogP contribution in [0.5, 0.6) is 5.75 Å². The minimum atomic E-state index is -0.353. The molecule has 120 valence electrons. The van der Waals surface area contributed by atoms with Gasteiger partial charge in [0.1, 0.15) is 0 Å². The van der Waals surface area contributed by atoms with Gasteiger partial charge in [-0.3, -0.25) is 4.99 Å². The van der Waals surface area contributed by atoms with Crippen molar-refractivity contribution >= 4 is 11.6 Å². The van der Waals surface area contributed by atoms with Gasteiger partial charge in [-0.05, 0) is 35.7 Å². The van der Waals surface area contributed by atoms with Crippen molar-refractivity contribution in [1.29, 1.82) is 0 Å². The molecule has 0 bridgehead atoms. The minimum absolute atomic E-state index is 0.256. The Hall–Kier alpha value is -2.56. The number of aliphatic imine (C=N–C) groups is 1. The van der Waals surface area contributed by atoms with Crippen LogP contribution in [0.4, 0.5) is 10.1 Å². The van der Waals surface area contributed by atoms with E-state index < -0.39 is 0 Å². The summed E-state index contributed by atoms with van der Waals surface area (Å²) < 4.78 is 18.7. The topological polar surface area (TPSA) is 36.9 Å². The highest BCUT2D eigenvalue weighted by Crippen LogP contribution is 2.27. The molecule has 4 nitrogen and oxygen atoms in total. The number of hydrogen-bond acceptors (Lipinski definition) is 2. The van der Waals surface area contributed by atoms with E-state index in [4.69, 9.17) is 4.74 Å². The lowest BCUT2D eigenvalue weighted by molar-refractivity contribution is 0.386. The fourth-order valence-electron chi connectivity index (χ4n) is 2.85. The van der Waals surface area contributed by atoms with E-state index >= 15 is 0 Å². The van der Waals surface area contributed by atoms with Gasteiger partial charge in [0, 0.05) is 25.8 Å². The number of para-hydroxylation sites is 1. The van der Waals surface area contributed by atoms with Crippen molar-refractivity contribution in [3.05, 3.63) is 59.4 Å². The van der Waals surface area contributed by atoms with Crippen molar-refractivity contribution in [2.75, 3.05) is 25.6 Å². The van der Waals surface area contributed by atoms with Gasteiger partial charge in [0.05, 0.1) is 7.11 Å². The van der Waals surface area contributed by atoms with Crippen LogP contribution in [-0.4, -0.2) is 26.7 Å². The molecule has 1 aliphatic rings. The Morgan fingerprint density at radius 1 is 1.30 bits per heavy atom. The zero-order valence-corrected chi connectivity index (χ0v) is 13.3. The summed E-state index contributed by atoms with van der Waals surface area (Å²) in [6, 6.07) is 13.3. The lowest BCUT2D eigenvalue weighted by Crippen LogP contribution is -2.40. The molecule has 0 unspecified atom stereocenters. The van der Waals surface area contributed by atoms with Crippen molar-refractivity contribution in [3.63, 3.8) is 0 Å². The van der Waals surface area contributed by atoms with Crippen LogP contribution in [-0.2, 0) is 13.0 Å². The maximum absolute atomic E-state index is 13.8. The SMILES string of the molecule is CN=C(NCc1ccc(OC)c(F)c1)N1CCc2ccccc21. The van der Waals surface area contributed by atoms with Crippen molar-refractivity contribution < 1.29 is 9.13 Å². The summed E-state index contributed by atoms with van der Waals surface area (Å²) in [5.74, 6) is 0.700. The van der Waals surface area contributed by atoms with Crippen LogP contribution in [0.25, 0.3) is 0 Å². The molecule has 0 spiro atoms. The number of rotatable bonds is 3. The van der Waals surface area contributed by atoms with Crippen LogP contribution in [0.3, 0.4) is 0 Å². The summed E-state index contributed by atoms with van der Waals surface area (Å²) in [6.07, 6.45) is 1.01. The molecule has 0 saturated carbocycles. The first kappa shape index (κ1) is 15.3. The average Bonchev–Trinajstić information content (AvgIpc) is 3.00. The van der Waals surface area contributed by atoms with E-state index in [1.54, 1.807) is 13.1 Å². The van der Waals surface area contributed by atoms with Crippen molar-refractivity contribution in [1.82, 2.24) is 5.32 Å². The Kier molecular flexibility index (Phi) is 4.46. The number of hydrogen-bond donors (Lipinski definition) is 1. The Labute approximate surface area is 135 Å². The van der Waals surface area contributed by atoms with Crippen molar-refractivity contribution in [3.8, 4) is 5.75 Å². The summed E-state index contributed by atoms with van der Waals surface area (Å²) in [4.78, 5) is 6.52. The molecular weight excluding hydrogens is 293 g/mol. The van der Waals surface area contributed by atoms with Gasteiger partial charge in [-0.2, -0.15) is 0 Å². The van der Waals surface area contributed by atoms with Gasteiger partial charge in [-0.25, -0.2) is 4.39 Å². The smallest absolute Gasteiger partial charge is 0.198 e. The Bertz CT molecular complexity index is 730. The van der Waals surface area contributed by atoms with Crippen LogP contribution in [0, 0.1) is 5.82 Å². The number of fused-ring (bicyclic) bond motifs is 1. The zero-order chi connectivity index (χ0) is 16.2. The molecule has 5 heteroatoms. The number of halogens is 1. The quantitative estimate of drug-likeness (QED) is 0.699. The van der Waals surface area contributed by atoms with Crippen LogP contribution < -0.4 is 15.0 Å². The highest BCUT2D eigenvalue weighted by atomic mass is 19.1. The number of benzene rings is 2. The Balaban J connectivity index is 1.71. The molecule has 0 amide bonds. The fraction of sp³-hybridized carbons (Fsp3) is 0.278. The summed E-state index contributed by atoms with van der Waals surface area (Å²) in [5.41, 5.74) is 3.35. The Morgan fingerprint density at radius 2 is 2.13 bits per heavy atom. The predicted octanol–water partition coefficient (Wildman–Crippen LogP) is 2.97. The summed E-state index contributed by atoms with van der Waals surface area (Å²) in [6.45, 7) is 1.41. The number of guanidine groups is 1. The van der Waals surface area contributed by atoms with Crippen molar-refractivity contribution in [2.45, 2.75) is 13.0 Å². The van der Waals surface area contributed by atoms with Gasteiger partial charge in [0.15, 0.2) is 17.5 Å². The number of methoxy groups -OCH3 is 1. The number of ether oxygens (including phenoxy) is 1. The third-order valence-electron chi connectivity index (χ3n) is 4.02. The summed E-state index contributed by atoms with van der Waals surface area (Å²) in [5, 5.41) is 3.30. The molecule has 0 radical (unpaired) electrons. The Morgan fingerprint density at radius 3 is 2.87 bits per heavy atom. The fourth-order valence-corrected chi connectivity index (χ4v) is 2.85. The maximum atomic E-state index is 13.8. The van der Waals surface area contributed by atoms with Gasteiger partial charge in [-0.1, -0.05) is 24.3 Å². The highest BCUT2D eigenvalue weighted by molar-refractivity contribution is 5.97. The maximum Gasteiger partial charge on any atom is 0.198 e. The summed E-state index contributed by atoms with van der Waals surface area (Å²) >= 11 is 0. The van der Waals surface area contributed by atoms with E-state index in [0.29, 0.717) is 6.54 Å². The predicted molar refractivity (Wildman–Crippen MR) is 90.6 cm³/mol. The lowest BCUT2D eigenvalue weighted by atomic mass is 10.2. The standard InChI is InChI=1S/C18H20FN3O/c1-20-18(22-10-9-14-5-3-4-6-16(14)22)21-12-13-7-8-17(23-2)15(19)11-13/h3-8,11H,9-10,12H2,1-2H3,(H,20,21). The normalized spacial score (nSPS) is 13.9. The molecule has 1 N–H and O–H groups in total. The van der Waals surface area contributed by atoms with Gasteiger partial charge in [0.25, 0.3) is 0 Å². The lowest BCUT2D eigenvalue weighted by Gasteiger charge is -2.22. The molecular formula is C18H20FN3O. The van der Waals surface area contributed by atoms with E-state index in [9.17, 15) is 4.39 Å². The molecule has 3 rings (SSSR count). The third kappa shape index (κ3) is 3.13. The molecule has 0 saturated heterocycles. The first-order valence-electron chi connectivity index (χ1n) is 7.61. The van der Waals surface area contributed by atoms with Crippen molar-refractivity contribution in [2.24, 2.45) is 4.99 Å². The van der Waals surface area contributed by atoms with Crippen LogP contribution >= 0.6 is 0 Å². The molecule has 1 heterocycles. The molecule has 0 aliphatic carbocycles. The number of anilines is 1. The largest absolute Gasteiger partial charge is 0.494 e. The van der Waals surface area contributed by atoms with E-state index in [0.717, 1.165) is 24.5 Å². The molecule has 0 aromatic heterocycles. The third-order valence-corrected chi connectivity index (χ3v) is 4.02. The van der Waals surface area contributed by atoms with E-state index in [1.165, 1.54) is 24.4 Å². The minimum Gasteiger partial charge on any atom is -0.494 e. The molecule has 1 aliphatic heterocycles. The second kappa shape index (κ2) is 6.69. The first-order valence-corrected chi connectivity index (χ1v) is 7.61. The second-order valence-electron chi connectivity index (χ2n) is 5.40. The second-order valence-corrected chi connectivity index (χ2v) is 5.40. The van der Waals surface area contributed by atoms with E-state index in [-0.39, 0.29) is 11.6 Å². The van der Waals surface area contributed by atoms with E-state index in [2.05, 4.69) is 33.4 Å². The van der Waals surface area contributed by atoms with Gasteiger partial charge in [0.2, 0.25) is 0 Å². The molecule has 2 aromatic rings. The highest BCUT2D eigenvalue weighted by Gasteiger charge is 2.22. The summed E-state index contributed by atoms with van der Waals surface area (Å²) in [7, 11) is 3.22. The zero-order valence-electron chi connectivity index (χ0n) is 13.3. The first-order chi connectivity index (χ1) is 11.2. The van der Waals surface area contributed by atoms with Gasteiger partial charge >= 0.3 is 0 Å². The average molecular weight is 313 g/mol. The van der Waals surface area contributed by atoms with E-state index in [1.807, 2.05) is 12.1 Å². The molecule has 0 atom stereocenters. The molecule has 0 fully saturated rings. The molecule has 2 aromatic carbocycles. The van der Waals surface area contributed by atoms with Crippen LogP contribution in [0.2, 0.25) is 0 Å². The van der Waals surface area contributed by atoms with Crippen LogP contribution in [0.15, 0.2) is 47.5 Å². The van der Waals surface area contributed by atoms with Crippen LogP contribution in [0.1, 0.15) is 11.1 Å². The number of nitrogens with one attached hydrogen (secondary N) is 1. The monoisotopic (exact) mass is 313 g/mol. The van der Waals surface area contributed by atoms with Gasteiger partial charge in [-0.15, -0.1) is 0 Å². The van der Waals surface area contributed by atoms with Gasteiger partial charge < -0.3 is 15.0 Å². The number of nitrogens with zero attached hydrogens (tertiary/aromatic N) is 2. The molecule has 23 heavy (non-hydrogen) atoms.